The van der Waals surface area contributed by atoms with Crippen LogP contribution in [0.5, 0.6) is 0 Å². The van der Waals surface area contributed by atoms with E-state index in [0.29, 0.717) is 0 Å². The van der Waals surface area contributed by atoms with Crippen LogP contribution in [0.15, 0.2) is 200 Å². The molecular weight excluding hydrogens is 711 g/mol. The van der Waals surface area contributed by atoms with Gasteiger partial charge in [0.2, 0.25) is 0 Å². The Hall–Kier alpha value is -6.96. The van der Waals surface area contributed by atoms with Gasteiger partial charge < -0.3 is 4.90 Å². The lowest BCUT2D eigenvalue weighted by atomic mass is 9.79. The van der Waals surface area contributed by atoms with Crippen molar-refractivity contribution in [3.05, 3.63) is 222 Å². The Bertz CT molecular complexity index is 3110. The molecule has 1 nitrogen and oxygen atoms in total. The van der Waals surface area contributed by atoms with E-state index in [-0.39, 0.29) is 10.8 Å². The van der Waals surface area contributed by atoms with Gasteiger partial charge in [-0.3, -0.25) is 0 Å². The summed E-state index contributed by atoms with van der Waals surface area (Å²) in [7, 11) is 0. The lowest BCUT2D eigenvalue weighted by molar-refractivity contribution is 0.660. The van der Waals surface area contributed by atoms with Gasteiger partial charge in [0.1, 0.15) is 0 Å². The molecule has 0 N–H and O–H groups in total. The molecule has 0 bridgehead atoms. The molecule has 2 aliphatic rings. The highest BCUT2D eigenvalue weighted by Crippen LogP contribution is 2.54. The molecule has 9 aromatic rings. The van der Waals surface area contributed by atoms with Crippen molar-refractivity contribution < 1.29 is 0 Å². The summed E-state index contributed by atoms with van der Waals surface area (Å²) in [6.07, 6.45) is 0. The Morgan fingerprint density at radius 1 is 0.339 bits per heavy atom. The quantitative estimate of drug-likeness (QED) is 0.163. The van der Waals surface area contributed by atoms with Gasteiger partial charge in [-0.2, -0.15) is 0 Å². The molecule has 282 valence electrons. The maximum absolute atomic E-state index is 2.52. The Balaban J connectivity index is 1.16. The first kappa shape index (κ1) is 35.2. The van der Waals surface area contributed by atoms with Crippen molar-refractivity contribution in [1.82, 2.24) is 0 Å². The topological polar surface area (TPSA) is 3.24 Å². The number of hydrogen-bond donors (Lipinski definition) is 0. The molecule has 0 heterocycles. The molecule has 0 saturated heterocycles. The Labute approximate surface area is 347 Å². The van der Waals surface area contributed by atoms with E-state index >= 15 is 0 Å². The third-order valence-electron chi connectivity index (χ3n) is 13.2. The molecule has 0 aromatic heterocycles. The molecule has 59 heavy (non-hydrogen) atoms. The van der Waals surface area contributed by atoms with Crippen LogP contribution in [-0.4, -0.2) is 0 Å². The molecule has 2 aliphatic carbocycles. The average molecular weight is 756 g/mol. The minimum absolute atomic E-state index is 0.104. The van der Waals surface area contributed by atoms with Gasteiger partial charge in [0.15, 0.2) is 0 Å². The van der Waals surface area contributed by atoms with Crippen molar-refractivity contribution in [2.75, 3.05) is 4.90 Å². The summed E-state index contributed by atoms with van der Waals surface area (Å²) in [5.74, 6) is 0. The lowest BCUT2D eigenvalue weighted by Crippen LogP contribution is -2.16. The summed E-state index contributed by atoms with van der Waals surface area (Å²) in [5, 5.41) is 2.45. The van der Waals surface area contributed by atoms with Crippen LogP contribution in [0.2, 0.25) is 0 Å². The van der Waals surface area contributed by atoms with E-state index < -0.39 is 0 Å². The van der Waals surface area contributed by atoms with Crippen molar-refractivity contribution in [1.29, 1.82) is 0 Å². The van der Waals surface area contributed by atoms with E-state index in [1.807, 2.05) is 0 Å². The Kier molecular flexibility index (Phi) is 7.94. The fourth-order valence-electron chi connectivity index (χ4n) is 10.4. The van der Waals surface area contributed by atoms with Crippen LogP contribution < -0.4 is 4.90 Å². The van der Waals surface area contributed by atoms with Gasteiger partial charge in [-0.1, -0.05) is 198 Å². The van der Waals surface area contributed by atoms with Crippen molar-refractivity contribution in [3.8, 4) is 55.6 Å². The molecule has 0 unspecified atom stereocenters. The van der Waals surface area contributed by atoms with Crippen LogP contribution in [0.1, 0.15) is 49.9 Å². The number of nitrogens with zero attached hydrogens (tertiary/aromatic N) is 1. The smallest absolute Gasteiger partial charge is 0.0546 e. The van der Waals surface area contributed by atoms with Crippen LogP contribution in [0.25, 0.3) is 66.4 Å². The summed E-state index contributed by atoms with van der Waals surface area (Å²) in [6.45, 7) is 9.50. The SMILES string of the molecule is CC1(C)c2ccccc2-c2ccc(-c3ccccc3N(c3cccc(-c4cccc5c4C(C)(C)c4ccccc4-5)c3)c3ccc4ccccc4c3-c3ccccc3)cc21. The van der Waals surface area contributed by atoms with Crippen molar-refractivity contribution in [3.63, 3.8) is 0 Å². The van der Waals surface area contributed by atoms with Gasteiger partial charge >= 0.3 is 0 Å². The van der Waals surface area contributed by atoms with Crippen molar-refractivity contribution in [2.24, 2.45) is 0 Å². The van der Waals surface area contributed by atoms with Crippen LogP contribution in [0.3, 0.4) is 0 Å². The molecule has 0 atom stereocenters. The molecule has 0 aliphatic heterocycles. The lowest BCUT2D eigenvalue weighted by Gasteiger charge is -2.31. The zero-order valence-electron chi connectivity index (χ0n) is 34.0. The monoisotopic (exact) mass is 755 g/mol. The number of benzene rings is 9. The minimum atomic E-state index is -0.134. The van der Waals surface area contributed by atoms with E-state index in [1.54, 1.807) is 0 Å². The summed E-state index contributed by atoms with van der Waals surface area (Å²) in [6, 6.07) is 74.4. The highest BCUT2D eigenvalue weighted by molar-refractivity contribution is 6.06. The maximum atomic E-state index is 2.52. The van der Waals surface area contributed by atoms with Crippen molar-refractivity contribution >= 4 is 27.8 Å². The minimum Gasteiger partial charge on any atom is -0.309 e. The predicted molar refractivity (Wildman–Crippen MR) is 250 cm³/mol. The van der Waals surface area contributed by atoms with Crippen LogP contribution in [0.4, 0.5) is 17.1 Å². The average Bonchev–Trinajstić information content (AvgIpc) is 3.66. The largest absolute Gasteiger partial charge is 0.309 e. The maximum Gasteiger partial charge on any atom is 0.0546 e. The predicted octanol–water partition coefficient (Wildman–Crippen LogP) is 15.9. The van der Waals surface area contributed by atoms with Crippen LogP contribution in [0, 0.1) is 0 Å². The summed E-state index contributed by atoms with van der Waals surface area (Å²) < 4.78 is 0. The zero-order chi connectivity index (χ0) is 39.9. The van der Waals surface area contributed by atoms with Gasteiger partial charge in [0.25, 0.3) is 0 Å². The van der Waals surface area contributed by atoms with Gasteiger partial charge in [0, 0.05) is 27.6 Å². The molecule has 0 spiro atoms. The van der Waals surface area contributed by atoms with Crippen LogP contribution >= 0.6 is 0 Å². The fourth-order valence-corrected chi connectivity index (χ4v) is 10.4. The number of fused-ring (bicyclic) bond motifs is 7. The van der Waals surface area contributed by atoms with Crippen molar-refractivity contribution in [2.45, 2.75) is 38.5 Å². The van der Waals surface area contributed by atoms with Crippen LogP contribution in [-0.2, 0) is 10.8 Å². The second-order valence-electron chi connectivity index (χ2n) is 17.3. The molecule has 1 heteroatoms. The summed E-state index contributed by atoms with van der Waals surface area (Å²) >= 11 is 0. The van der Waals surface area contributed by atoms with Gasteiger partial charge in [-0.05, 0) is 108 Å². The number of rotatable bonds is 6. The second kappa shape index (κ2) is 13.3. The second-order valence-corrected chi connectivity index (χ2v) is 17.3. The third kappa shape index (κ3) is 5.38. The zero-order valence-corrected chi connectivity index (χ0v) is 34.0. The molecule has 9 aromatic carbocycles. The molecular formula is C58H45N. The van der Waals surface area contributed by atoms with Gasteiger partial charge in [-0.15, -0.1) is 0 Å². The Morgan fingerprint density at radius 2 is 0.915 bits per heavy atom. The van der Waals surface area contributed by atoms with E-state index in [4.69, 9.17) is 0 Å². The molecule has 11 rings (SSSR count). The molecule has 0 fully saturated rings. The summed E-state index contributed by atoms with van der Waals surface area (Å²) in [5.41, 5.74) is 21.3. The first-order valence-corrected chi connectivity index (χ1v) is 20.9. The van der Waals surface area contributed by atoms with E-state index in [9.17, 15) is 0 Å². The molecule has 0 amide bonds. The number of para-hydroxylation sites is 1. The van der Waals surface area contributed by atoms with Gasteiger partial charge in [0.05, 0.1) is 11.4 Å². The normalized spacial score (nSPS) is 14.0. The molecule has 0 saturated carbocycles. The highest BCUT2D eigenvalue weighted by atomic mass is 15.1. The summed E-state index contributed by atoms with van der Waals surface area (Å²) in [4.78, 5) is 2.52. The number of hydrogen-bond acceptors (Lipinski definition) is 1. The first-order chi connectivity index (χ1) is 28.8. The molecule has 0 radical (unpaired) electrons. The third-order valence-corrected chi connectivity index (χ3v) is 13.2. The highest BCUT2D eigenvalue weighted by Gasteiger charge is 2.38. The fraction of sp³-hybridized carbons (Fsp3) is 0.103. The van der Waals surface area contributed by atoms with E-state index in [1.165, 1.54) is 88.7 Å². The standard InChI is InChI=1S/C58H45N/c1-57(2)50-29-13-10-25-46(50)48-34-32-41(37-52(48)57)43-23-12-15-31-53(43)59(54-35-33-38-18-8-9-24-44(38)55(54)39-19-6-5-7-20-39)42-22-16-21-40(36-42)45-27-17-28-49-47-26-11-14-30-51(47)58(3,4)56(45)49/h5-37H,1-4H3. The van der Waals surface area contributed by atoms with Gasteiger partial charge in [-0.25, -0.2) is 0 Å². The first-order valence-electron chi connectivity index (χ1n) is 20.9. The number of anilines is 3. The Morgan fingerprint density at radius 3 is 1.73 bits per heavy atom. The van der Waals surface area contributed by atoms with E-state index in [0.717, 1.165) is 17.1 Å². The van der Waals surface area contributed by atoms with E-state index in [2.05, 4.69) is 233 Å².